The molecule has 1 aliphatic heterocycles. The Kier molecular flexibility index (Phi) is 14.6. The van der Waals surface area contributed by atoms with E-state index in [0.717, 1.165) is 17.5 Å². The van der Waals surface area contributed by atoms with Gasteiger partial charge in [0.25, 0.3) is 0 Å². The zero-order chi connectivity index (χ0) is 45.9. The molecule has 1 heterocycles. The molecular weight excluding hydrogens is 829 g/mol. The van der Waals surface area contributed by atoms with Crippen LogP contribution in [0, 0.1) is 0 Å². The van der Waals surface area contributed by atoms with Crippen LogP contribution < -0.4 is 0 Å². The molecule has 1 N–H and O–H groups in total. The van der Waals surface area contributed by atoms with Gasteiger partial charge in [0.1, 0.15) is 18.8 Å². The number of esters is 5. The maximum absolute atomic E-state index is 14.3. The van der Waals surface area contributed by atoms with Crippen LogP contribution in [0.2, 0.25) is 0 Å². The van der Waals surface area contributed by atoms with E-state index in [9.17, 15) is 29.1 Å². The molecule has 7 rings (SSSR count). The summed E-state index contributed by atoms with van der Waals surface area (Å²) in [5.41, 5.74) is 3.35. The molecule has 0 radical (unpaired) electrons. The largest absolute Gasteiger partial charge is 0.461 e. The molecule has 0 amide bonds. The fourth-order valence-corrected chi connectivity index (χ4v) is 7.58. The molecule has 6 atom stereocenters. The van der Waals surface area contributed by atoms with Crippen LogP contribution in [0.1, 0.15) is 90.0 Å². The summed E-state index contributed by atoms with van der Waals surface area (Å²) in [6.07, 6.45) is -7.49. The average Bonchev–Trinajstić information content (AvgIpc) is 3.34. The van der Waals surface area contributed by atoms with Gasteiger partial charge in [0, 0.05) is 12.5 Å². The van der Waals surface area contributed by atoms with Gasteiger partial charge in [-0.05, 0) is 96.6 Å². The predicted molar refractivity (Wildman–Crippen MR) is 238 cm³/mol. The lowest BCUT2D eigenvalue weighted by Gasteiger charge is -2.50. The van der Waals surface area contributed by atoms with Crippen molar-refractivity contribution in [3.63, 3.8) is 0 Å². The van der Waals surface area contributed by atoms with Gasteiger partial charge in [0.2, 0.25) is 11.9 Å². The molecule has 0 aliphatic carbocycles. The Bertz CT molecular complexity index is 2580. The van der Waals surface area contributed by atoms with Crippen LogP contribution in [0.4, 0.5) is 0 Å². The van der Waals surface area contributed by atoms with Gasteiger partial charge in [0.15, 0.2) is 12.2 Å². The number of hydrogen-bond donors (Lipinski definition) is 1. The van der Waals surface area contributed by atoms with Crippen molar-refractivity contribution in [2.45, 2.75) is 76.5 Å². The maximum Gasteiger partial charge on any atom is 0.338 e. The van der Waals surface area contributed by atoms with Gasteiger partial charge in [-0.25, -0.2) is 19.2 Å². The van der Waals surface area contributed by atoms with Gasteiger partial charge in [0.05, 0.1) is 22.3 Å². The third-order valence-corrected chi connectivity index (χ3v) is 11.0. The van der Waals surface area contributed by atoms with Crippen molar-refractivity contribution in [3.8, 4) is 0 Å². The molecule has 1 saturated heterocycles. The number of hydrogen-bond acceptors (Lipinski definition) is 12. The Hall–Kier alpha value is -7.41. The Morgan fingerprint density at radius 3 is 1.52 bits per heavy atom. The Balaban J connectivity index is 1.45. The quantitative estimate of drug-likeness (QED) is 0.0777. The minimum Gasteiger partial charge on any atom is -0.461 e. The molecule has 1 fully saturated rings. The Morgan fingerprint density at radius 1 is 0.585 bits per heavy atom. The third kappa shape index (κ3) is 11.0. The van der Waals surface area contributed by atoms with Crippen molar-refractivity contribution in [2.75, 3.05) is 0 Å². The van der Waals surface area contributed by atoms with E-state index in [1.165, 1.54) is 50.2 Å². The lowest BCUT2D eigenvalue weighted by atomic mass is 9.82. The van der Waals surface area contributed by atoms with Crippen molar-refractivity contribution in [3.05, 3.63) is 214 Å². The number of rotatable bonds is 15. The summed E-state index contributed by atoms with van der Waals surface area (Å²) in [6, 6.07) is 45.0. The molecule has 6 aromatic carbocycles. The minimum atomic E-state index is -2.77. The topological polar surface area (TPSA) is 161 Å². The van der Waals surface area contributed by atoms with E-state index in [0.29, 0.717) is 11.1 Å². The standard InChI is InChI=1S/C53H48O12/c1-4-36-25-27-37(28-26-36)31-43-30-29-38(33-60-35(3)54)32-44(43)53(59)48(64-52(58)42-23-15-8-16-24-42)47(63-51(57)41-21-13-7-14-22-41)46(62-50(56)40-19-11-6-12-20-40)45(65-53)34(2)61-49(55)39-17-9-5-10-18-39/h5-30,32,34,45-48,59H,4,31,33H2,1-3H3/t34-,45+,46+,47-,48+,53+/m0/s1. The van der Waals surface area contributed by atoms with Crippen LogP contribution in [0.15, 0.2) is 164 Å². The van der Waals surface area contributed by atoms with Crippen LogP contribution in [-0.4, -0.2) is 65.5 Å². The number of carbonyl (C=O) groups is 5. The highest BCUT2D eigenvalue weighted by molar-refractivity contribution is 5.92. The number of aryl methyl sites for hydroxylation is 1. The summed E-state index contributed by atoms with van der Waals surface area (Å²) in [5, 5.41) is 13.7. The molecular formula is C53H48O12. The van der Waals surface area contributed by atoms with Crippen molar-refractivity contribution in [1.82, 2.24) is 0 Å². The van der Waals surface area contributed by atoms with Crippen molar-refractivity contribution in [2.24, 2.45) is 0 Å². The van der Waals surface area contributed by atoms with E-state index in [-0.39, 0.29) is 40.8 Å². The normalized spacial score (nSPS) is 19.5. The van der Waals surface area contributed by atoms with Crippen LogP contribution in [0.5, 0.6) is 0 Å². The molecule has 0 spiro atoms. The molecule has 332 valence electrons. The van der Waals surface area contributed by atoms with Crippen LogP contribution in [-0.2, 0) is 58.5 Å². The highest BCUT2D eigenvalue weighted by Crippen LogP contribution is 2.44. The first-order valence-electron chi connectivity index (χ1n) is 21.2. The molecule has 0 aromatic heterocycles. The summed E-state index contributed by atoms with van der Waals surface area (Å²) >= 11 is 0. The van der Waals surface area contributed by atoms with E-state index in [4.69, 9.17) is 28.4 Å². The van der Waals surface area contributed by atoms with Gasteiger partial charge < -0.3 is 33.5 Å². The lowest BCUT2D eigenvalue weighted by molar-refractivity contribution is -0.360. The zero-order valence-corrected chi connectivity index (χ0v) is 36.0. The average molecular weight is 877 g/mol. The highest BCUT2D eigenvalue weighted by atomic mass is 16.7. The van der Waals surface area contributed by atoms with E-state index in [2.05, 4.69) is 0 Å². The van der Waals surface area contributed by atoms with E-state index >= 15 is 0 Å². The second kappa shape index (κ2) is 20.8. The van der Waals surface area contributed by atoms with Crippen LogP contribution in [0.3, 0.4) is 0 Å². The van der Waals surface area contributed by atoms with Gasteiger partial charge in [-0.3, -0.25) is 4.79 Å². The first-order chi connectivity index (χ1) is 31.4. The lowest BCUT2D eigenvalue weighted by Crippen LogP contribution is -2.68. The molecule has 12 heteroatoms. The second-order valence-corrected chi connectivity index (χ2v) is 15.5. The van der Waals surface area contributed by atoms with E-state index < -0.39 is 66.2 Å². The summed E-state index contributed by atoms with van der Waals surface area (Å²) in [7, 11) is 0. The second-order valence-electron chi connectivity index (χ2n) is 15.5. The molecule has 0 bridgehead atoms. The van der Waals surface area contributed by atoms with Crippen LogP contribution in [0.25, 0.3) is 0 Å². The van der Waals surface area contributed by atoms with E-state index in [1.807, 2.05) is 31.2 Å². The summed E-state index contributed by atoms with van der Waals surface area (Å²) < 4.78 is 37.0. The first-order valence-corrected chi connectivity index (χ1v) is 21.2. The Labute approximate surface area is 376 Å². The van der Waals surface area contributed by atoms with Gasteiger partial charge in [-0.1, -0.05) is 116 Å². The van der Waals surface area contributed by atoms with Crippen LogP contribution >= 0.6 is 0 Å². The number of benzene rings is 6. The van der Waals surface area contributed by atoms with Gasteiger partial charge in [-0.2, -0.15) is 0 Å². The monoisotopic (exact) mass is 876 g/mol. The summed E-state index contributed by atoms with van der Waals surface area (Å²) in [4.78, 5) is 68.5. The third-order valence-electron chi connectivity index (χ3n) is 11.0. The molecule has 1 aliphatic rings. The smallest absolute Gasteiger partial charge is 0.338 e. The number of aliphatic hydroxyl groups is 1. The van der Waals surface area contributed by atoms with Crippen molar-refractivity contribution >= 4 is 29.8 Å². The van der Waals surface area contributed by atoms with Gasteiger partial charge >= 0.3 is 29.8 Å². The summed E-state index contributed by atoms with van der Waals surface area (Å²) in [6.45, 7) is 4.57. The SMILES string of the molecule is CCc1ccc(Cc2ccc(COC(C)=O)cc2[C@@]2(O)O[C@H]([C@H](C)OC(=O)c3ccccc3)[C@@H](OC(=O)c3ccccc3)[C@H](OC(=O)c3ccccc3)[C@H]2OC(=O)c2ccccc2)cc1. The molecule has 0 saturated carbocycles. The summed E-state index contributed by atoms with van der Waals surface area (Å²) in [5.74, 6) is -6.85. The minimum absolute atomic E-state index is 0.0350. The zero-order valence-electron chi connectivity index (χ0n) is 36.0. The van der Waals surface area contributed by atoms with Crippen molar-refractivity contribution < 1.29 is 57.5 Å². The number of carbonyl (C=O) groups excluding carboxylic acids is 5. The molecule has 6 aromatic rings. The molecule has 0 unspecified atom stereocenters. The fourth-order valence-electron chi connectivity index (χ4n) is 7.58. The molecule has 12 nitrogen and oxygen atoms in total. The predicted octanol–water partition coefficient (Wildman–Crippen LogP) is 8.37. The van der Waals surface area contributed by atoms with Crippen molar-refractivity contribution in [1.29, 1.82) is 0 Å². The number of ether oxygens (including phenoxy) is 6. The highest BCUT2D eigenvalue weighted by Gasteiger charge is 2.62. The van der Waals surface area contributed by atoms with Gasteiger partial charge in [-0.15, -0.1) is 0 Å². The van der Waals surface area contributed by atoms with E-state index in [1.54, 1.807) is 103 Å². The Morgan fingerprint density at radius 2 is 1.03 bits per heavy atom. The first kappa shape index (κ1) is 45.6. The fraction of sp³-hybridized carbons (Fsp3) is 0.226. The maximum atomic E-state index is 14.3. The molecule has 65 heavy (non-hydrogen) atoms.